The first kappa shape index (κ1) is 14.0. The molecule has 19 heavy (non-hydrogen) atoms. The van der Waals surface area contributed by atoms with E-state index in [-0.39, 0.29) is 0 Å². The molecule has 2 N–H and O–H groups in total. The first-order chi connectivity index (χ1) is 9.11. The van der Waals surface area contributed by atoms with Gasteiger partial charge in [-0.3, -0.25) is 0 Å². The molecule has 0 amide bonds. The van der Waals surface area contributed by atoms with Gasteiger partial charge in [0, 0.05) is 23.7 Å². The largest absolute Gasteiger partial charge is 0.349 e. The number of hydrogen-bond donors (Lipinski definition) is 1. The van der Waals surface area contributed by atoms with Crippen molar-refractivity contribution < 1.29 is 0 Å². The van der Waals surface area contributed by atoms with E-state index in [1.807, 2.05) is 6.20 Å². The number of anilines is 1. The number of hydrogen-bond acceptors (Lipinski definition) is 4. The molecule has 0 aliphatic rings. The fourth-order valence-corrected chi connectivity index (χ4v) is 2.81. The molecule has 0 fully saturated rings. The highest BCUT2D eigenvalue weighted by Gasteiger charge is 2.15. The third-order valence-corrected chi connectivity index (χ3v) is 4.01. The predicted octanol–water partition coefficient (Wildman–Crippen LogP) is 3.33. The zero-order valence-electron chi connectivity index (χ0n) is 11.8. The number of thiophene rings is 1. The van der Waals surface area contributed by atoms with Crippen molar-refractivity contribution in [1.29, 1.82) is 0 Å². The molecular weight excluding hydrogens is 254 g/mol. The molecule has 0 aromatic carbocycles. The van der Waals surface area contributed by atoms with E-state index >= 15 is 0 Å². The van der Waals surface area contributed by atoms with Crippen LogP contribution in [0, 0.1) is 6.92 Å². The summed E-state index contributed by atoms with van der Waals surface area (Å²) < 4.78 is 0. The SMILES string of the molecule is Cc1cc(CN)cnc1N(Cc1cccs1)C(C)C. The van der Waals surface area contributed by atoms with Gasteiger partial charge in [0.15, 0.2) is 0 Å². The standard InChI is InChI=1S/C15H21N3S/c1-11(2)18(10-14-5-4-6-19-14)15-12(3)7-13(8-16)9-17-15/h4-7,9,11H,8,10,16H2,1-3H3. The van der Waals surface area contributed by atoms with E-state index in [0.717, 1.165) is 17.9 Å². The van der Waals surface area contributed by atoms with E-state index < -0.39 is 0 Å². The van der Waals surface area contributed by atoms with Crippen molar-refractivity contribution in [2.75, 3.05) is 4.90 Å². The van der Waals surface area contributed by atoms with Crippen molar-refractivity contribution in [3.8, 4) is 0 Å². The monoisotopic (exact) mass is 275 g/mol. The molecule has 2 heterocycles. The summed E-state index contributed by atoms with van der Waals surface area (Å²) in [4.78, 5) is 8.30. The highest BCUT2D eigenvalue weighted by molar-refractivity contribution is 7.09. The van der Waals surface area contributed by atoms with Crippen molar-refractivity contribution in [3.63, 3.8) is 0 Å². The Balaban J connectivity index is 2.28. The third-order valence-electron chi connectivity index (χ3n) is 3.14. The van der Waals surface area contributed by atoms with Gasteiger partial charge in [0.25, 0.3) is 0 Å². The van der Waals surface area contributed by atoms with E-state index in [0.29, 0.717) is 12.6 Å². The number of aryl methyl sites for hydroxylation is 1. The number of aromatic nitrogens is 1. The molecule has 0 spiro atoms. The summed E-state index contributed by atoms with van der Waals surface area (Å²) in [7, 11) is 0. The zero-order valence-corrected chi connectivity index (χ0v) is 12.6. The first-order valence-electron chi connectivity index (χ1n) is 6.56. The van der Waals surface area contributed by atoms with Gasteiger partial charge in [-0.2, -0.15) is 0 Å². The Morgan fingerprint density at radius 3 is 2.74 bits per heavy atom. The molecule has 4 heteroatoms. The van der Waals surface area contributed by atoms with E-state index in [1.54, 1.807) is 11.3 Å². The van der Waals surface area contributed by atoms with Gasteiger partial charge in [-0.1, -0.05) is 6.07 Å². The Hall–Kier alpha value is -1.39. The van der Waals surface area contributed by atoms with Gasteiger partial charge < -0.3 is 10.6 Å². The van der Waals surface area contributed by atoms with Crippen molar-refractivity contribution in [2.45, 2.75) is 39.9 Å². The van der Waals surface area contributed by atoms with Gasteiger partial charge in [0.05, 0.1) is 6.54 Å². The summed E-state index contributed by atoms with van der Waals surface area (Å²) in [6.45, 7) is 7.95. The maximum absolute atomic E-state index is 5.66. The predicted molar refractivity (Wildman–Crippen MR) is 82.5 cm³/mol. The van der Waals surface area contributed by atoms with Gasteiger partial charge in [0.1, 0.15) is 5.82 Å². The van der Waals surface area contributed by atoms with Crippen molar-refractivity contribution in [1.82, 2.24) is 4.98 Å². The third kappa shape index (κ3) is 3.33. The summed E-state index contributed by atoms with van der Waals surface area (Å²) in [5.41, 5.74) is 7.93. The average Bonchev–Trinajstić information content (AvgIpc) is 2.89. The number of nitrogens with two attached hydrogens (primary N) is 1. The smallest absolute Gasteiger partial charge is 0.131 e. The lowest BCUT2D eigenvalue weighted by Crippen LogP contribution is -2.31. The minimum absolute atomic E-state index is 0.414. The summed E-state index contributed by atoms with van der Waals surface area (Å²) in [5, 5.41) is 2.12. The molecule has 2 aromatic heterocycles. The van der Waals surface area contributed by atoms with Crippen molar-refractivity contribution in [2.24, 2.45) is 5.73 Å². The maximum atomic E-state index is 5.66. The Bertz CT molecular complexity index is 520. The molecule has 0 bridgehead atoms. The molecule has 0 saturated carbocycles. The lowest BCUT2D eigenvalue weighted by molar-refractivity contribution is 0.674. The molecule has 2 aromatic rings. The molecule has 2 rings (SSSR count). The van der Waals surface area contributed by atoms with Crippen LogP contribution in [-0.4, -0.2) is 11.0 Å². The molecule has 102 valence electrons. The van der Waals surface area contributed by atoms with E-state index in [4.69, 9.17) is 5.73 Å². The molecular formula is C15H21N3S. The Morgan fingerprint density at radius 1 is 1.42 bits per heavy atom. The minimum atomic E-state index is 0.414. The van der Waals surface area contributed by atoms with Crippen LogP contribution in [0.25, 0.3) is 0 Å². The lowest BCUT2D eigenvalue weighted by Gasteiger charge is -2.29. The average molecular weight is 275 g/mol. The highest BCUT2D eigenvalue weighted by Crippen LogP contribution is 2.23. The molecule has 0 aliphatic heterocycles. The van der Waals surface area contributed by atoms with Gasteiger partial charge in [-0.15, -0.1) is 11.3 Å². The molecule has 0 atom stereocenters. The fraction of sp³-hybridized carbons (Fsp3) is 0.400. The van der Waals surface area contributed by atoms with Gasteiger partial charge in [-0.05, 0) is 49.4 Å². The van der Waals surface area contributed by atoms with E-state index in [9.17, 15) is 0 Å². The van der Waals surface area contributed by atoms with Crippen molar-refractivity contribution >= 4 is 17.2 Å². The van der Waals surface area contributed by atoms with Crippen LogP contribution >= 0.6 is 11.3 Å². The molecule has 3 nitrogen and oxygen atoms in total. The lowest BCUT2D eigenvalue weighted by atomic mass is 10.1. The topological polar surface area (TPSA) is 42.1 Å². The minimum Gasteiger partial charge on any atom is -0.349 e. The van der Waals surface area contributed by atoms with E-state index in [2.05, 4.69) is 54.2 Å². The second-order valence-electron chi connectivity index (χ2n) is 4.99. The number of nitrogens with zero attached hydrogens (tertiary/aromatic N) is 2. The molecule has 0 saturated heterocycles. The quantitative estimate of drug-likeness (QED) is 0.910. The van der Waals surface area contributed by atoms with Gasteiger partial charge >= 0.3 is 0 Å². The maximum Gasteiger partial charge on any atom is 0.131 e. The summed E-state index contributed by atoms with van der Waals surface area (Å²) >= 11 is 1.79. The first-order valence-corrected chi connectivity index (χ1v) is 7.44. The molecule has 0 aliphatic carbocycles. The Labute approximate surface area is 119 Å². The van der Waals surface area contributed by atoms with Crippen molar-refractivity contribution in [3.05, 3.63) is 45.8 Å². The summed E-state index contributed by atoms with van der Waals surface area (Å²) in [6.07, 6.45) is 1.88. The fourth-order valence-electron chi connectivity index (χ4n) is 2.11. The number of rotatable bonds is 5. The van der Waals surface area contributed by atoms with E-state index in [1.165, 1.54) is 10.4 Å². The van der Waals surface area contributed by atoms with Crippen LogP contribution < -0.4 is 10.6 Å². The second-order valence-corrected chi connectivity index (χ2v) is 6.02. The van der Waals surface area contributed by atoms with Gasteiger partial charge in [-0.25, -0.2) is 4.98 Å². The Kier molecular flexibility index (Phi) is 4.56. The van der Waals surface area contributed by atoms with Crippen LogP contribution in [0.4, 0.5) is 5.82 Å². The Morgan fingerprint density at radius 2 is 2.21 bits per heavy atom. The molecule has 0 unspecified atom stereocenters. The summed E-state index contributed by atoms with van der Waals surface area (Å²) in [5.74, 6) is 1.06. The highest BCUT2D eigenvalue weighted by atomic mass is 32.1. The second kappa shape index (κ2) is 6.17. The van der Waals surface area contributed by atoms with Crippen LogP contribution in [-0.2, 0) is 13.1 Å². The van der Waals surface area contributed by atoms with Crippen LogP contribution in [0.15, 0.2) is 29.8 Å². The zero-order chi connectivity index (χ0) is 13.8. The van der Waals surface area contributed by atoms with Crippen LogP contribution in [0.1, 0.15) is 29.9 Å². The summed E-state index contributed by atoms with van der Waals surface area (Å²) in [6, 6.07) is 6.81. The van der Waals surface area contributed by atoms with Crippen LogP contribution in [0.2, 0.25) is 0 Å². The van der Waals surface area contributed by atoms with Gasteiger partial charge in [0.2, 0.25) is 0 Å². The van der Waals surface area contributed by atoms with Crippen LogP contribution in [0.3, 0.4) is 0 Å². The molecule has 0 radical (unpaired) electrons. The normalized spacial score (nSPS) is 11.0. The van der Waals surface area contributed by atoms with Crippen LogP contribution in [0.5, 0.6) is 0 Å². The number of pyridine rings is 1.